The minimum Gasteiger partial charge on any atom is -0.396 e. The minimum atomic E-state index is -1.18. The second kappa shape index (κ2) is 8.81. The minimum absolute atomic E-state index is 0.0125. The maximum absolute atomic E-state index is 11.6. The Hall–Kier alpha value is -0.160. The van der Waals surface area contributed by atoms with E-state index < -0.39 is 17.8 Å². The Morgan fingerprint density at radius 1 is 0.906 bits per heavy atom. The molecule has 4 saturated carbocycles. The molecule has 0 heterocycles. The molecule has 0 aromatic rings. The number of fused-ring (bicyclic) bond motifs is 5. The van der Waals surface area contributed by atoms with Crippen molar-refractivity contribution in [3.63, 3.8) is 0 Å². The molecule has 4 aliphatic carbocycles. The van der Waals surface area contributed by atoms with E-state index in [0.717, 1.165) is 43.9 Å². The molecule has 11 atom stereocenters. The zero-order valence-corrected chi connectivity index (χ0v) is 21.3. The van der Waals surface area contributed by atoms with Gasteiger partial charge in [0.1, 0.15) is 0 Å². The first-order chi connectivity index (χ1) is 15.0. The Kier molecular flexibility index (Phi) is 6.87. The van der Waals surface area contributed by atoms with Crippen LogP contribution in [0, 0.1) is 52.3 Å². The molecule has 0 aromatic heterocycles. The van der Waals surface area contributed by atoms with Crippen LogP contribution in [0.3, 0.4) is 0 Å². The monoisotopic (exact) mass is 450 g/mol. The molecule has 4 fully saturated rings. The highest BCUT2D eigenvalue weighted by Gasteiger charge is 2.68. The summed E-state index contributed by atoms with van der Waals surface area (Å²) in [7, 11) is 0. The largest absolute Gasteiger partial charge is 0.396 e. The summed E-state index contributed by atoms with van der Waals surface area (Å²) in [4.78, 5) is 0. The van der Waals surface area contributed by atoms with Gasteiger partial charge in [-0.3, -0.25) is 0 Å². The van der Waals surface area contributed by atoms with E-state index in [1.165, 1.54) is 19.3 Å². The number of rotatable bonds is 6. The van der Waals surface area contributed by atoms with Crippen molar-refractivity contribution in [2.24, 2.45) is 52.3 Å². The van der Waals surface area contributed by atoms with Crippen LogP contribution in [-0.4, -0.2) is 44.8 Å². The molecule has 0 aliphatic heterocycles. The van der Waals surface area contributed by atoms with Gasteiger partial charge in [0.15, 0.2) is 0 Å². The van der Waals surface area contributed by atoms with E-state index in [9.17, 15) is 20.4 Å². The lowest BCUT2D eigenvalue weighted by molar-refractivity contribution is -0.267. The highest BCUT2D eigenvalue weighted by atomic mass is 16.3. The Bertz CT molecular complexity index is 666. The fourth-order valence-electron chi connectivity index (χ4n) is 9.34. The molecule has 186 valence electrons. The molecule has 0 aromatic carbocycles. The topological polar surface area (TPSA) is 80.9 Å². The van der Waals surface area contributed by atoms with Gasteiger partial charge in [-0.25, -0.2) is 0 Å². The Labute approximate surface area is 196 Å². The summed E-state index contributed by atoms with van der Waals surface area (Å²) in [6, 6.07) is 0. The number of aliphatic hydroxyl groups is 4. The van der Waals surface area contributed by atoms with E-state index in [4.69, 9.17) is 0 Å². The van der Waals surface area contributed by atoms with Crippen molar-refractivity contribution in [2.75, 3.05) is 6.61 Å². The average Bonchev–Trinajstić information content (AvgIpc) is 3.14. The number of hydrogen-bond acceptors (Lipinski definition) is 4. The summed E-state index contributed by atoms with van der Waals surface area (Å²) >= 11 is 0. The third-order valence-corrected chi connectivity index (χ3v) is 11.8. The maximum atomic E-state index is 11.6. The van der Waals surface area contributed by atoms with E-state index in [-0.39, 0.29) is 17.4 Å². The molecular formula is C28H50O4. The average molecular weight is 451 g/mol. The van der Waals surface area contributed by atoms with Crippen molar-refractivity contribution in [3.05, 3.63) is 0 Å². The fraction of sp³-hybridized carbons (Fsp3) is 1.00. The van der Waals surface area contributed by atoms with Gasteiger partial charge in [0.05, 0.1) is 17.8 Å². The SMILES string of the molecule is CC(C)[C@@H](C)CC[C@@H](C)[C@H]1CC[C@H]2[C@@H]3C[C@@H](O)[C@@]4(O)C[C@@H](O)CC[C@]4(C)[C@H]3CC[C@]12CO. The highest BCUT2D eigenvalue weighted by molar-refractivity contribution is 5.17. The van der Waals surface area contributed by atoms with Gasteiger partial charge in [-0.15, -0.1) is 0 Å². The lowest BCUT2D eigenvalue weighted by Gasteiger charge is -2.65. The lowest BCUT2D eigenvalue weighted by Crippen LogP contribution is -2.69. The van der Waals surface area contributed by atoms with Crippen molar-refractivity contribution < 1.29 is 20.4 Å². The van der Waals surface area contributed by atoms with E-state index in [1.54, 1.807) is 0 Å². The fourth-order valence-corrected chi connectivity index (χ4v) is 9.34. The van der Waals surface area contributed by atoms with Crippen LogP contribution in [0.1, 0.15) is 98.8 Å². The van der Waals surface area contributed by atoms with Gasteiger partial charge in [0, 0.05) is 18.4 Å². The van der Waals surface area contributed by atoms with Gasteiger partial charge in [0.2, 0.25) is 0 Å². The van der Waals surface area contributed by atoms with Crippen LogP contribution in [0.15, 0.2) is 0 Å². The lowest BCUT2D eigenvalue weighted by atomic mass is 9.42. The molecular weight excluding hydrogens is 400 g/mol. The van der Waals surface area contributed by atoms with Crippen molar-refractivity contribution in [1.82, 2.24) is 0 Å². The van der Waals surface area contributed by atoms with Crippen molar-refractivity contribution in [2.45, 2.75) is 117 Å². The normalized spacial score (nSPS) is 50.4. The molecule has 4 heteroatoms. The summed E-state index contributed by atoms with van der Waals surface area (Å²) in [5.74, 6) is 3.85. The first kappa shape index (κ1) is 24.9. The van der Waals surface area contributed by atoms with Gasteiger partial charge in [-0.1, -0.05) is 47.5 Å². The first-order valence-corrected chi connectivity index (χ1v) is 13.7. The third-order valence-electron chi connectivity index (χ3n) is 11.8. The second-order valence-corrected chi connectivity index (χ2v) is 13.3. The van der Waals surface area contributed by atoms with Crippen molar-refractivity contribution >= 4 is 0 Å². The Balaban J connectivity index is 1.56. The van der Waals surface area contributed by atoms with Gasteiger partial charge in [-0.05, 0) is 91.8 Å². The molecule has 32 heavy (non-hydrogen) atoms. The Morgan fingerprint density at radius 2 is 1.62 bits per heavy atom. The standard InChI is InChI=1S/C28H50O4/c1-17(2)18(3)6-7-19(4)22-8-9-24-21-14-25(31)28(32)15-20(30)10-12-26(28,5)23(21)11-13-27(22,24)16-29/h17-25,29-32H,6-16H2,1-5H3/t18-,19+,20-,21+,22+,23-,24-,25+,26+,27-,28-/m0/s1. The third kappa shape index (κ3) is 3.62. The summed E-state index contributed by atoms with van der Waals surface area (Å²) in [6.07, 6.45) is 8.09. The summed E-state index contributed by atoms with van der Waals surface area (Å²) in [5.41, 5.74) is -1.53. The van der Waals surface area contributed by atoms with Crippen molar-refractivity contribution in [3.8, 4) is 0 Å². The van der Waals surface area contributed by atoms with Gasteiger partial charge >= 0.3 is 0 Å². The summed E-state index contributed by atoms with van der Waals surface area (Å²) in [6.45, 7) is 11.9. The molecule has 4 N–H and O–H groups in total. The van der Waals surface area contributed by atoms with E-state index in [1.807, 2.05) is 0 Å². The van der Waals surface area contributed by atoms with Crippen LogP contribution in [-0.2, 0) is 0 Å². The van der Waals surface area contributed by atoms with Crippen LogP contribution in [0.4, 0.5) is 0 Å². The van der Waals surface area contributed by atoms with Gasteiger partial charge in [0.25, 0.3) is 0 Å². The molecule has 4 rings (SSSR count). The second-order valence-electron chi connectivity index (χ2n) is 13.3. The van der Waals surface area contributed by atoms with E-state index in [0.29, 0.717) is 42.4 Å². The van der Waals surface area contributed by atoms with E-state index in [2.05, 4.69) is 34.6 Å². The first-order valence-electron chi connectivity index (χ1n) is 13.7. The molecule has 0 spiro atoms. The molecule has 0 bridgehead atoms. The molecule has 4 nitrogen and oxygen atoms in total. The summed E-state index contributed by atoms with van der Waals surface area (Å²) < 4.78 is 0. The number of aliphatic hydroxyl groups excluding tert-OH is 3. The van der Waals surface area contributed by atoms with Gasteiger partial charge in [-0.2, -0.15) is 0 Å². The molecule has 4 aliphatic rings. The Morgan fingerprint density at radius 3 is 2.28 bits per heavy atom. The number of hydrogen-bond donors (Lipinski definition) is 4. The predicted octanol–water partition coefficient (Wildman–Crippen LogP) is 4.77. The molecule has 0 saturated heterocycles. The molecule has 0 amide bonds. The van der Waals surface area contributed by atoms with Crippen LogP contribution < -0.4 is 0 Å². The summed E-state index contributed by atoms with van der Waals surface area (Å²) in [5, 5.41) is 44.0. The molecule has 0 radical (unpaired) electrons. The predicted molar refractivity (Wildman–Crippen MR) is 128 cm³/mol. The quantitative estimate of drug-likeness (QED) is 0.470. The van der Waals surface area contributed by atoms with Crippen LogP contribution >= 0.6 is 0 Å². The zero-order valence-electron chi connectivity index (χ0n) is 21.3. The van der Waals surface area contributed by atoms with Crippen molar-refractivity contribution in [1.29, 1.82) is 0 Å². The van der Waals surface area contributed by atoms with Gasteiger partial charge < -0.3 is 20.4 Å². The van der Waals surface area contributed by atoms with Crippen LogP contribution in [0.2, 0.25) is 0 Å². The maximum Gasteiger partial charge on any atom is 0.0985 e. The molecule has 0 unspecified atom stereocenters. The van der Waals surface area contributed by atoms with E-state index >= 15 is 0 Å². The van der Waals surface area contributed by atoms with Crippen LogP contribution in [0.25, 0.3) is 0 Å². The smallest absolute Gasteiger partial charge is 0.0985 e. The van der Waals surface area contributed by atoms with Crippen LogP contribution in [0.5, 0.6) is 0 Å². The zero-order chi connectivity index (χ0) is 23.5. The highest BCUT2D eigenvalue weighted by Crippen LogP contribution is 2.69.